The average molecular weight is 280 g/mol. The molecule has 0 heterocycles. The molecular formula is C19H20O2. The molecule has 0 aliphatic heterocycles. The lowest BCUT2D eigenvalue weighted by atomic mass is 9.88. The first-order valence-electron chi connectivity index (χ1n) is 7.55. The van der Waals surface area contributed by atoms with Crippen molar-refractivity contribution in [1.29, 1.82) is 0 Å². The summed E-state index contributed by atoms with van der Waals surface area (Å²) in [6.45, 7) is 5.89. The predicted molar refractivity (Wildman–Crippen MR) is 86.0 cm³/mol. The van der Waals surface area contributed by atoms with Gasteiger partial charge in [0.05, 0.1) is 5.92 Å². The normalized spacial score (nSPS) is 16.5. The van der Waals surface area contributed by atoms with Gasteiger partial charge < -0.3 is 4.74 Å². The minimum atomic E-state index is -0.275. The third kappa shape index (κ3) is 2.35. The van der Waals surface area contributed by atoms with Crippen molar-refractivity contribution in [2.45, 2.75) is 33.3 Å². The van der Waals surface area contributed by atoms with Crippen molar-refractivity contribution in [3.05, 3.63) is 53.1 Å². The van der Waals surface area contributed by atoms with Crippen molar-refractivity contribution >= 4 is 22.8 Å². The second kappa shape index (κ2) is 5.36. The van der Waals surface area contributed by atoms with Gasteiger partial charge in [-0.15, -0.1) is 0 Å². The Morgan fingerprint density at radius 2 is 2.05 bits per heavy atom. The quantitative estimate of drug-likeness (QED) is 0.764. The molecule has 0 spiro atoms. The molecule has 0 saturated carbocycles. The molecule has 0 amide bonds. The van der Waals surface area contributed by atoms with E-state index in [1.807, 2.05) is 26.0 Å². The van der Waals surface area contributed by atoms with Gasteiger partial charge in [0.1, 0.15) is 6.10 Å². The monoisotopic (exact) mass is 280 g/mol. The zero-order valence-electron chi connectivity index (χ0n) is 12.7. The maximum atomic E-state index is 11.9. The summed E-state index contributed by atoms with van der Waals surface area (Å²) in [7, 11) is 0. The van der Waals surface area contributed by atoms with Gasteiger partial charge in [-0.25, -0.2) is 0 Å². The van der Waals surface area contributed by atoms with E-state index in [1.54, 1.807) is 0 Å². The Balaban J connectivity index is 2.12. The second-order valence-electron chi connectivity index (χ2n) is 5.81. The van der Waals surface area contributed by atoms with Crippen LogP contribution in [0, 0.1) is 5.92 Å². The molecule has 2 aromatic rings. The first-order valence-corrected chi connectivity index (χ1v) is 7.55. The number of rotatable bonds is 3. The number of hydrogen-bond acceptors (Lipinski definition) is 2. The molecular weight excluding hydrogens is 260 g/mol. The topological polar surface area (TPSA) is 26.3 Å². The lowest BCUT2D eigenvalue weighted by Gasteiger charge is -2.23. The zero-order valence-corrected chi connectivity index (χ0v) is 12.7. The van der Waals surface area contributed by atoms with Crippen LogP contribution in [0.1, 0.15) is 43.6 Å². The van der Waals surface area contributed by atoms with Crippen LogP contribution in [0.2, 0.25) is 0 Å². The van der Waals surface area contributed by atoms with E-state index < -0.39 is 0 Å². The first-order chi connectivity index (χ1) is 10.1. The highest BCUT2D eigenvalue weighted by molar-refractivity contribution is 5.97. The van der Waals surface area contributed by atoms with E-state index >= 15 is 0 Å². The molecule has 2 aromatic carbocycles. The van der Waals surface area contributed by atoms with Crippen molar-refractivity contribution in [2.75, 3.05) is 0 Å². The van der Waals surface area contributed by atoms with Crippen molar-refractivity contribution in [2.24, 2.45) is 5.92 Å². The van der Waals surface area contributed by atoms with Gasteiger partial charge in [-0.05, 0) is 34.4 Å². The van der Waals surface area contributed by atoms with E-state index in [9.17, 15) is 4.79 Å². The number of ether oxygens (including phenoxy) is 1. The van der Waals surface area contributed by atoms with E-state index in [2.05, 4.69) is 37.3 Å². The van der Waals surface area contributed by atoms with Crippen LogP contribution in [0.15, 0.2) is 36.4 Å². The third-order valence-corrected chi connectivity index (χ3v) is 4.05. The van der Waals surface area contributed by atoms with E-state index in [0.29, 0.717) is 0 Å². The minimum absolute atomic E-state index is 0.110. The number of hydrogen-bond donors (Lipinski definition) is 0. The number of esters is 1. The van der Waals surface area contributed by atoms with Crippen LogP contribution in [0.3, 0.4) is 0 Å². The number of aryl methyl sites for hydroxylation is 1. The highest BCUT2D eigenvalue weighted by Gasteiger charge is 2.23. The van der Waals surface area contributed by atoms with E-state index in [1.165, 1.54) is 21.9 Å². The molecule has 1 unspecified atom stereocenters. The first kappa shape index (κ1) is 13.9. The van der Waals surface area contributed by atoms with Gasteiger partial charge in [0.15, 0.2) is 0 Å². The highest BCUT2D eigenvalue weighted by Crippen LogP contribution is 2.37. The molecule has 1 atom stereocenters. The fourth-order valence-corrected chi connectivity index (χ4v) is 2.87. The molecule has 0 N–H and O–H groups in total. The Morgan fingerprint density at radius 1 is 1.24 bits per heavy atom. The Bertz CT molecular complexity index is 726. The van der Waals surface area contributed by atoms with E-state index in [-0.39, 0.29) is 18.0 Å². The van der Waals surface area contributed by atoms with Gasteiger partial charge in [0, 0.05) is 5.56 Å². The fraction of sp³-hybridized carbons (Fsp3) is 0.316. The molecule has 0 fully saturated rings. The summed E-state index contributed by atoms with van der Waals surface area (Å²) >= 11 is 0. The number of carbonyl (C=O) groups is 1. The van der Waals surface area contributed by atoms with Gasteiger partial charge in [0.25, 0.3) is 0 Å². The maximum absolute atomic E-state index is 11.9. The molecule has 2 nitrogen and oxygen atoms in total. The summed E-state index contributed by atoms with van der Waals surface area (Å²) in [5.41, 5.74) is 3.69. The fourth-order valence-electron chi connectivity index (χ4n) is 2.87. The molecule has 0 aromatic heterocycles. The standard InChI is InChI=1S/C19H20O2/c1-4-13-8-9-14-6-5-7-16-17(21-19(20)12(2)3)11-10-15(13)18(14)16/h5-12,17H,4H2,1-3H3. The summed E-state index contributed by atoms with van der Waals surface area (Å²) < 4.78 is 5.65. The SMILES string of the molecule is CCc1ccc2cccc3c2c1C=CC3OC(=O)C(C)C. The molecule has 1 aliphatic carbocycles. The van der Waals surface area contributed by atoms with Crippen LogP contribution >= 0.6 is 0 Å². The Morgan fingerprint density at radius 3 is 2.76 bits per heavy atom. The van der Waals surface area contributed by atoms with Crippen LogP contribution in [0.5, 0.6) is 0 Å². The molecule has 108 valence electrons. The van der Waals surface area contributed by atoms with Crippen LogP contribution in [-0.2, 0) is 16.0 Å². The molecule has 21 heavy (non-hydrogen) atoms. The summed E-state index contributed by atoms with van der Waals surface area (Å²) in [6.07, 6.45) is 4.83. The molecule has 0 radical (unpaired) electrons. The summed E-state index contributed by atoms with van der Waals surface area (Å²) in [5.74, 6) is -0.266. The van der Waals surface area contributed by atoms with Crippen LogP contribution < -0.4 is 0 Å². The molecule has 3 rings (SSSR count). The van der Waals surface area contributed by atoms with Gasteiger partial charge in [-0.1, -0.05) is 57.2 Å². The predicted octanol–water partition coefficient (Wildman–Crippen LogP) is 4.67. The lowest BCUT2D eigenvalue weighted by Crippen LogP contribution is -2.16. The van der Waals surface area contributed by atoms with E-state index in [0.717, 1.165) is 12.0 Å². The molecule has 1 aliphatic rings. The van der Waals surface area contributed by atoms with Gasteiger partial charge in [0.2, 0.25) is 0 Å². The van der Waals surface area contributed by atoms with Gasteiger partial charge in [-0.2, -0.15) is 0 Å². The van der Waals surface area contributed by atoms with Gasteiger partial charge >= 0.3 is 5.97 Å². The van der Waals surface area contributed by atoms with Gasteiger partial charge in [-0.3, -0.25) is 4.79 Å². The summed E-state index contributed by atoms with van der Waals surface area (Å²) in [6, 6.07) is 10.5. The smallest absolute Gasteiger partial charge is 0.309 e. The third-order valence-electron chi connectivity index (χ3n) is 4.05. The van der Waals surface area contributed by atoms with Crippen LogP contribution in [0.25, 0.3) is 16.8 Å². The Kier molecular flexibility index (Phi) is 3.54. The lowest BCUT2D eigenvalue weighted by molar-refractivity contribution is -0.150. The van der Waals surface area contributed by atoms with E-state index in [4.69, 9.17) is 4.74 Å². The Labute approximate surface area is 125 Å². The average Bonchev–Trinajstić information content (AvgIpc) is 2.50. The number of benzene rings is 2. The molecule has 2 heteroatoms. The van der Waals surface area contributed by atoms with Crippen LogP contribution in [0.4, 0.5) is 0 Å². The zero-order chi connectivity index (χ0) is 15.0. The van der Waals surface area contributed by atoms with Crippen LogP contribution in [-0.4, -0.2) is 5.97 Å². The summed E-state index contributed by atoms with van der Waals surface area (Å²) in [5, 5.41) is 2.43. The number of carbonyl (C=O) groups excluding carboxylic acids is 1. The second-order valence-corrected chi connectivity index (χ2v) is 5.81. The largest absolute Gasteiger partial charge is 0.453 e. The molecule has 0 saturated heterocycles. The van der Waals surface area contributed by atoms with Crippen molar-refractivity contribution in [1.82, 2.24) is 0 Å². The highest BCUT2D eigenvalue weighted by atomic mass is 16.5. The van der Waals surface area contributed by atoms with Crippen molar-refractivity contribution < 1.29 is 9.53 Å². The molecule has 0 bridgehead atoms. The maximum Gasteiger partial charge on any atom is 0.309 e. The Hall–Kier alpha value is -2.09. The van der Waals surface area contributed by atoms with Crippen molar-refractivity contribution in [3.63, 3.8) is 0 Å². The minimum Gasteiger partial charge on any atom is -0.453 e. The van der Waals surface area contributed by atoms with Crippen molar-refractivity contribution in [3.8, 4) is 0 Å². The summed E-state index contributed by atoms with van der Waals surface area (Å²) in [4.78, 5) is 11.9.